The Bertz CT molecular complexity index is 1150. The Morgan fingerprint density at radius 3 is 2.26 bits per heavy atom. The fourth-order valence-corrected chi connectivity index (χ4v) is 3.08. The summed E-state index contributed by atoms with van der Waals surface area (Å²) in [5.41, 5.74) is 3.64. The first-order valence-electron chi connectivity index (χ1n) is 10.3. The summed E-state index contributed by atoms with van der Waals surface area (Å²) in [6.07, 6.45) is 0.783. The Morgan fingerprint density at radius 2 is 1.62 bits per heavy atom. The predicted molar refractivity (Wildman–Crippen MR) is 127 cm³/mol. The lowest BCUT2D eigenvalue weighted by molar-refractivity contribution is -0.159. The van der Waals surface area contributed by atoms with Gasteiger partial charge in [0.2, 0.25) is 5.91 Å². The molecule has 1 heterocycles. The number of carbonyl (C=O) groups is 3. The lowest BCUT2D eigenvalue weighted by Gasteiger charge is -2.11. The van der Waals surface area contributed by atoms with E-state index in [1.165, 1.54) is 0 Å². The van der Waals surface area contributed by atoms with Gasteiger partial charge in [-0.25, -0.2) is 9.59 Å². The minimum Gasteiger partial charge on any atom is -0.493 e. The van der Waals surface area contributed by atoms with E-state index in [1.54, 1.807) is 14.2 Å². The first kappa shape index (κ1) is 26.1. The molecule has 1 amide bonds. The summed E-state index contributed by atoms with van der Waals surface area (Å²) in [5.74, 6) is -2.32. The minimum atomic E-state index is -1.82. The third kappa shape index (κ3) is 7.75. The molecular weight excluding hydrogens is 442 g/mol. The molecule has 0 saturated carbocycles. The molecule has 0 bridgehead atoms. The molecule has 0 unspecified atom stereocenters. The summed E-state index contributed by atoms with van der Waals surface area (Å²) in [5, 5.41) is 21.9. The summed E-state index contributed by atoms with van der Waals surface area (Å²) in [6, 6.07) is 15.5. The van der Waals surface area contributed by atoms with Crippen molar-refractivity contribution in [3.05, 3.63) is 59.8 Å². The van der Waals surface area contributed by atoms with Crippen LogP contribution in [-0.4, -0.2) is 60.4 Å². The molecule has 0 atom stereocenters. The number of fused-ring (bicyclic) bond motifs is 1. The van der Waals surface area contributed by atoms with Gasteiger partial charge >= 0.3 is 11.9 Å². The van der Waals surface area contributed by atoms with Crippen molar-refractivity contribution in [3.63, 3.8) is 0 Å². The van der Waals surface area contributed by atoms with E-state index in [0.29, 0.717) is 18.0 Å². The van der Waals surface area contributed by atoms with Gasteiger partial charge in [-0.2, -0.15) is 0 Å². The Hall–Kier alpha value is -4.18. The summed E-state index contributed by atoms with van der Waals surface area (Å²) in [7, 11) is 3.24. The molecule has 0 radical (unpaired) electrons. The number of nitrogens with zero attached hydrogens (tertiary/aromatic N) is 1. The van der Waals surface area contributed by atoms with E-state index in [1.807, 2.05) is 55.5 Å². The number of pyridine rings is 1. The number of para-hydroxylation sites is 1. The standard InChI is InChI=1S/C22H25N3O3.C2H2O4/c1-15-12-19(17-6-4-5-7-18(17)24-15)25-22(26)14-23-11-10-16-8-9-20(27-2)21(13-16)28-3;3-1(4)2(5)6/h4-9,12-13,23H,10-11,14H2,1-3H3,(H,24,25,26);(H,3,4)(H,5,6). The number of benzene rings is 2. The molecule has 0 aliphatic rings. The number of ether oxygens (including phenoxy) is 2. The van der Waals surface area contributed by atoms with Crippen molar-refractivity contribution >= 4 is 34.4 Å². The van der Waals surface area contributed by atoms with Crippen molar-refractivity contribution in [2.75, 3.05) is 32.6 Å². The molecule has 10 nitrogen and oxygen atoms in total. The maximum atomic E-state index is 12.3. The summed E-state index contributed by atoms with van der Waals surface area (Å²) in [6.45, 7) is 2.84. The van der Waals surface area contributed by atoms with Crippen LogP contribution in [0.15, 0.2) is 48.5 Å². The molecule has 3 aromatic rings. The molecule has 0 saturated heterocycles. The van der Waals surface area contributed by atoms with E-state index in [9.17, 15) is 4.79 Å². The van der Waals surface area contributed by atoms with E-state index >= 15 is 0 Å². The Balaban J connectivity index is 0.000000604. The quantitative estimate of drug-likeness (QED) is 0.288. The zero-order chi connectivity index (χ0) is 25.1. The lowest BCUT2D eigenvalue weighted by Crippen LogP contribution is -2.29. The molecule has 34 heavy (non-hydrogen) atoms. The third-order valence-electron chi connectivity index (χ3n) is 4.63. The number of carboxylic acid groups (broad SMARTS) is 2. The van der Waals surface area contributed by atoms with Crippen LogP contribution in [0.4, 0.5) is 5.69 Å². The van der Waals surface area contributed by atoms with Crippen LogP contribution < -0.4 is 20.1 Å². The van der Waals surface area contributed by atoms with Crippen molar-refractivity contribution in [3.8, 4) is 11.5 Å². The lowest BCUT2D eigenvalue weighted by atomic mass is 10.1. The van der Waals surface area contributed by atoms with Gasteiger partial charge < -0.3 is 30.3 Å². The summed E-state index contributed by atoms with van der Waals surface area (Å²) in [4.78, 5) is 35.0. The largest absolute Gasteiger partial charge is 0.493 e. The summed E-state index contributed by atoms with van der Waals surface area (Å²) >= 11 is 0. The highest BCUT2D eigenvalue weighted by atomic mass is 16.5. The fraction of sp³-hybridized carbons (Fsp3) is 0.250. The van der Waals surface area contributed by atoms with Crippen LogP contribution in [0.5, 0.6) is 11.5 Å². The van der Waals surface area contributed by atoms with Crippen LogP contribution in [0.3, 0.4) is 0 Å². The maximum absolute atomic E-state index is 12.3. The minimum absolute atomic E-state index is 0.0805. The van der Waals surface area contributed by atoms with Gasteiger partial charge in [0.15, 0.2) is 11.5 Å². The number of carboxylic acids is 2. The van der Waals surface area contributed by atoms with Crippen molar-refractivity contribution in [1.82, 2.24) is 10.3 Å². The normalized spacial score (nSPS) is 10.1. The van der Waals surface area contributed by atoms with Gasteiger partial charge in [-0.3, -0.25) is 9.78 Å². The molecule has 0 fully saturated rings. The number of aromatic nitrogens is 1. The number of aliphatic carboxylic acids is 2. The second kappa shape index (κ2) is 12.8. The molecule has 10 heteroatoms. The smallest absolute Gasteiger partial charge is 0.414 e. The maximum Gasteiger partial charge on any atom is 0.414 e. The monoisotopic (exact) mass is 469 g/mol. The van der Waals surface area contributed by atoms with Gasteiger partial charge in [-0.15, -0.1) is 0 Å². The number of aryl methyl sites for hydroxylation is 1. The molecule has 180 valence electrons. The zero-order valence-electron chi connectivity index (χ0n) is 19.1. The second-order valence-corrected chi connectivity index (χ2v) is 7.10. The number of rotatable bonds is 8. The fourth-order valence-electron chi connectivity index (χ4n) is 3.08. The zero-order valence-corrected chi connectivity index (χ0v) is 19.1. The predicted octanol–water partition coefficient (Wildman–Crippen LogP) is 2.49. The van der Waals surface area contributed by atoms with Gasteiger partial charge in [0.25, 0.3) is 0 Å². The Morgan fingerprint density at radius 1 is 0.941 bits per heavy atom. The first-order valence-corrected chi connectivity index (χ1v) is 10.3. The summed E-state index contributed by atoms with van der Waals surface area (Å²) < 4.78 is 10.6. The van der Waals surface area contributed by atoms with E-state index in [2.05, 4.69) is 15.6 Å². The molecule has 0 spiro atoms. The highest BCUT2D eigenvalue weighted by molar-refractivity contribution is 6.27. The van der Waals surface area contributed by atoms with Crippen molar-refractivity contribution < 1.29 is 34.1 Å². The number of nitrogens with one attached hydrogen (secondary N) is 2. The molecular formula is C24H27N3O7. The third-order valence-corrected chi connectivity index (χ3v) is 4.63. The number of amides is 1. The second-order valence-electron chi connectivity index (χ2n) is 7.10. The number of anilines is 1. The average Bonchev–Trinajstić information content (AvgIpc) is 2.81. The van der Waals surface area contributed by atoms with Crippen LogP contribution in [0.2, 0.25) is 0 Å². The first-order chi connectivity index (χ1) is 16.2. The Kier molecular flexibility index (Phi) is 9.78. The van der Waals surface area contributed by atoms with Crippen molar-refractivity contribution in [2.45, 2.75) is 13.3 Å². The molecule has 0 aliphatic carbocycles. The highest BCUT2D eigenvalue weighted by Crippen LogP contribution is 2.27. The van der Waals surface area contributed by atoms with Crippen LogP contribution in [0.25, 0.3) is 10.9 Å². The van der Waals surface area contributed by atoms with Gasteiger partial charge in [-0.05, 0) is 49.7 Å². The van der Waals surface area contributed by atoms with E-state index in [0.717, 1.165) is 34.3 Å². The van der Waals surface area contributed by atoms with Crippen molar-refractivity contribution in [2.24, 2.45) is 0 Å². The van der Waals surface area contributed by atoms with Gasteiger partial charge in [0.05, 0.1) is 32.0 Å². The van der Waals surface area contributed by atoms with E-state index in [-0.39, 0.29) is 12.5 Å². The van der Waals surface area contributed by atoms with Gasteiger partial charge in [-0.1, -0.05) is 24.3 Å². The topological polar surface area (TPSA) is 147 Å². The number of hydrogen-bond donors (Lipinski definition) is 4. The highest BCUT2D eigenvalue weighted by Gasteiger charge is 2.08. The van der Waals surface area contributed by atoms with Gasteiger partial charge in [0.1, 0.15) is 0 Å². The van der Waals surface area contributed by atoms with Gasteiger partial charge in [0, 0.05) is 11.1 Å². The van der Waals surface area contributed by atoms with E-state index < -0.39 is 11.9 Å². The average molecular weight is 469 g/mol. The van der Waals surface area contributed by atoms with Crippen LogP contribution in [0, 0.1) is 6.92 Å². The number of methoxy groups -OCH3 is 2. The van der Waals surface area contributed by atoms with Crippen LogP contribution >= 0.6 is 0 Å². The molecule has 2 aromatic carbocycles. The molecule has 0 aliphatic heterocycles. The molecule has 4 N–H and O–H groups in total. The molecule has 1 aromatic heterocycles. The van der Waals surface area contributed by atoms with Crippen LogP contribution in [0.1, 0.15) is 11.3 Å². The van der Waals surface area contributed by atoms with Crippen LogP contribution in [-0.2, 0) is 20.8 Å². The van der Waals surface area contributed by atoms with Crippen molar-refractivity contribution in [1.29, 1.82) is 0 Å². The Labute approximate surface area is 196 Å². The van der Waals surface area contributed by atoms with E-state index in [4.69, 9.17) is 29.3 Å². The number of hydrogen-bond acceptors (Lipinski definition) is 7. The molecule has 3 rings (SSSR count). The SMILES string of the molecule is COc1ccc(CCNCC(=O)Nc2cc(C)nc3ccccc23)cc1OC.O=C(O)C(=O)O. The number of carbonyl (C=O) groups excluding carboxylic acids is 1.